The van der Waals surface area contributed by atoms with Gasteiger partial charge in [0.05, 0.1) is 6.54 Å². The monoisotopic (exact) mass is 440 g/mol. The zero-order chi connectivity index (χ0) is 14.9. The van der Waals surface area contributed by atoms with E-state index in [4.69, 9.17) is 4.99 Å². The Balaban J connectivity index is 0.00000242. The first-order valence-electron chi connectivity index (χ1n) is 8.61. The highest BCUT2D eigenvalue weighted by Gasteiger charge is 2.24. The number of thioether (sulfide) groups is 1. The van der Waals surface area contributed by atoms with Gasteiger partial charge in [0, 0.05) is 24.4 Å². The maximum absolute atomic E-state index is 4.77. The van der Waals surface area contributed by atoms with Gasteiger partial charge >= 0.3 is 0 Å². The summed E-state index contributed by atoms with van der Waals surface area (Å²) in [5.41, 5.74) is 0. The predicted octanol–water partition coefficient (Wildman–Crippen LogP) is 2.93. The first-order chi connectivity index (χ1) is 10.3. The van der Waals surface area contributed by atoms with Gasteiger partial charge < -0.3 is 15.5 Å². The average molecular weight is 440 g/mol. The van der Waals surface area contributed by atoms with Gasteiger partial charge in [-0.05, 0) is 58.4 Å². The minimum absolute atomic E-state index is 0. The van der Waals surface area contributed by atoms with E-state index in [1.54, 1.807) is 0 Å². The number of piperidine rings is 1. The summed E-state index contributed by atoms with van der Waals surface area (Å²) in [5, 5.41) is 7.85. The lowest BCUT2D eigenvalue weighted by molar-refractivity contribution is 0.235. The number of nitrogens with zero attached hydrogens (tertiary/aromatic N) is 2. The molecule has 1 heterocycles. The van der Waals surface area contributed by atoms with Crippen molar-refractivity contribution in [2.24, 2.45) is 4.99 Å². The van der Waals surface area contributed by atoms with Crippen LogP contribution < -0.4 is 10.6 Å². The molecular formula is C16H33IN4S. The van der Waals surface area contributed by atoms with Crippen LogP contribution in [0.5, 0.6) is 0 Å². The van der Waals surface area contributed by atoms with E-state index in [9.17, 15) is 0 Å². The van der Waals surface area contributed by atoms with Crippen LogP contribution in [0, 0.1) is 0 Å². The van der Waals surface area contributed by atoms with E-state index in [1.165, 1.54) is 51.6 Å². The number of halogens is 1. The van der Waals surface area contributed by atoms with Crippen LogP contribution >= 0.6 is 35.7 Å². The van der Waals surface area contributed by atoms with Gasteiger partial charge in [0.2, 0.25) is 0 Å². The number of aliphatic imine (C=N–C) groups is 1. The topological polar surface area (TPSA) is 39.7 Å². The molecule has 2 fully saturated rings. The Bertz CT molecular complexity index is 321. The Labute approximate surface area is 157 Å². The molecular weight excluding hydrogens is 407 g/mol. The minimum Gasteiger partial charge on any atom is -0.357 e. The maximum Gasteiger partial charge on any atom is 0.191 e. The molecule has 2 aliphatic rings. The fraction of sp³-hybridized carbons (Fsp3) is 0.938. The van der Waals surface area contributed by atoms with E-state index in [0.29, 0.717) is 6.04 Å². The average Bonchev–Trinajstić information content (AvgIpc) is 2.96. The molecule has 22 heavy (non-hydrogen) atoms. The summed E-state index contributed by atoms with van der Waals surface area (Å²) in [7, 11) is 0. The lowest BCUT2D eigenvalue weighted by Crippen LogP contribution is -2.43. The Kier molecular flexibility index (Phi) is 10.9. The molecule has 0 aromatic rings. The number of likely N-dealkylation sites (tertiary alicyclic amines) is 1. The molecule has 1 aliphatic carbocycles. The SMILES string of the molecule is CCNC(=NCCN1CCCCC1)NC1CCC(SC)C1.I. The minimum atomic E-state index is 0. The standard InChI is InChI=1S/C16H32N4S.HI/c1-3-17-16(19-14-7-8-15(13-14)21-2)18-9-12-20-10-5-4-6-11-20;/h14-15H,3-13H2,1-2H3,(H2,17,18,19);1H. The largest absolute Gasteiger partial charge is 0.357 e. The molecule has 2 rings (SSSR count). The van der Waals surface area contributed by atoms with Crippen LogP contribution in [0.4, 0.5) is 0 Å². The van der Waals surface area contributed by atoms with E-state index in [1.807, 2.05) is 11.8 Å². The van der Waals surface area contributed by atoms with Crippen molar-refractivity contribution in [2.45, 2.75) is 56.7 Å². The Morgan fingerprint density at radius 3 is 2.64 bits per heavy atom. The van der Waals surface area contributed by atoms with Gasteiger partial charge in [-0.1, -0.05) is 6.42 Å². The summed E-state index contributed by atoms with van der Waals surface area (Å²) in [6, 6.07) is 0.607. The zero-order valence-electron chi connectivity index (χ0n) is 14.1. The van der Waals surface area contributed by atoms with Gasteiger partial charge in [-0.2, -0.15) is 11.8 Å². The second-order valence-electron chi connectivity index (χ2n) is 6.17. The molecule has 1 saturated carbocycles. The van der Waals surface area contributed by atoms with E-state index in [2.05, 4.69) is 28.7 Å². The summed E-state index contributed by atoms with van der Waals surface area (Å²) in [5.74, 6) is 1.02. The van der Waals surface area contributed by atoms with Gasteiger partial charge in [0.15, 0.2) is 5.96 Å². The summed E-state index contributed by atoms with van der Waals surface area (Å²) < 4.78 is 0. The van der Waals surface area contributed by atoms with Crippen molar-refractivity contribution < 1.29 is 0 Å². The van der Waals surface area contributed by atoms with E-state index in [-0.39, 0.29) is 24.0 Å². The third kappa shape index (κ3) is 7.25. The van der Waals surface area contributed by atoms with Crippen molar-refractivity contribution in [3.8, 4) is 0 Å². The molecule has 1 aliphatic heterocycles. The first-order valence-corrected chi connectivity index (χ1v) is 9.90. The molecule has 0 aromatic carbocycles. The molecule has 0 amide bonds. The van der Waals surface area contributed by atoms with Crippen LogP contribution in [0.3, 0.4) is 0 Å². The fourth-order valence-electron chi connectivity index (χ4n) is 3.28. The molecule has 0 radical (unpaired) electrons. The number of guanidine groups is 1. The lowest BCUT2D eigenvalue weighted by atomic mass is 10.1. The van der Waals surface area contributed by atoms with Crippen molar-refractivity contribution >= 4 is 41.7 Å². The molecule has 0 aromatic heterocycles. The van der Waals surface area contributed by atoms with Crippen molar-refractivity contribution in [1.29, 1.82) is 0 Å². The molecule has 0 bridgehead atoms. The second kappa shape index (κ2) is 11.8. The lowest BCUT2D eigenvalue weighted by Gasteiger charge is -2.25. The molecule has 130 valence electrons. The Morgan fingerprint density at radius 2 is 2.00 bits per heavy atom. The number of rotatable bonds is 6. The van der Waals surface area contributed by atoms with Crippen LogP contribution in [0.1, 0.15) is 45.4 Å². The van der Waals surface area contributed by atoms with E-state index in [0.717, 1.165) is 30.8 Å². The highest BCUT2D eigenvalue weighted by Crippen LogP contribution is 2.27. The van der Waals surface area contributed by atoms with Crippen LogP contribution in [-0.2, 0) is 0 Å². The van der Waals surface area contributed by atoms with Gasteiger partial charge in [-0.3, -0.25) is 4.99 Å². The smallest absolute Gasteiger partial charge is 0.191 e. The van der Waals surface area contributed by atoms with Gasteiger partial charge in [-0.25, -0.2) is 0 Å². The molecule has 4 nitrogen and oxygen atoms in total. The molecule has 2 unspecified atom stereocenters. The van der Waals surface area contributed by atoms with Gasteiger partial charge in [-0.15, -0.1) is 24.0 Å². The van der Waals surface area contributed by atoms with Gasteiger partial charge in [0.25, 0.3) is 0 Å². The molecule has 2 N–H and O–H groups in total. The fourth-order valence-corrected chi connectivity index (χ4v) is 4.08. The van der Waals surface area contributed by atoms with Crippen molar-refractivity contribution in [3.63, 3.8) is 0 Å². The Hall–Kier alpha value is 0.310. The molecule has 1 saturated heterocycles. The van der Waals surface area contributed by atoms with Crippen molar-refractivity contribution in [3.05, 3.63) is 0 Å². The number of hydrogen-bond acceptors (Lipinski definition) is 3. The highest BCUT2D eigenvalue weighted by molar-refractivity contribution is 14.0. The summed E-state index contributed by atoms with van der Waals surface area (Å²) in [4.78, 5) is 7.32. The van der Waals surface area contributed by atoms with E-state index >= 15 is 0 Å². The summed E-state index contributed by atoms with van der Waals surface area (Å²) >= 11 is 2.01. The molecule has 6 heteroatoms. The maximum atomic E-state index is 4.77. The molecule has 0 spiro atoms. The quantitative estimate of drug-likeness (QED) is 0.379. The van der Waals surface area contributed by atoms with Crippen LogP contribution in [0.2, 0.25) is 0 Å². The zero-order valence-corrected chi connectivity index (χ0v) is 17.3. The highest BCUT2D eigenvalue weighted by atomic mass is 127. The van der Waals surface area contributed by atoms with E-state index < -0.39 is 0 Å². The first kappa shape index (κ1) is 20.4. The number of hydrogen-bond donors (Lipinski definition) is 2. The molecule has 2 atom stereocenters. The normalized spacial score (nSPS) is 26.5. The van der Waals surface area contributed by atoms with Crippen molar-refractivity contribution in [1.82, 2.24) is 15.5 Å². The van der Waals surface area contributed by atoms with Gasteiger partial charge in [0.1, 0.15) is 0 Å². The number of nitrogens with one attached hydrogen (secondary N) is 2. The van der Waals surface area contributed by atoms with Crippen LogP contribution in [-0.4, -0.2) is 61.1 Å². The second-order valence-corrected chi connectivity index (χ2v) is 7.31. The van der Waals surface area contributed by atoms with Crippen LogP contribution in [0.25, 0.3) is 0 Å². The third-order valence-electron chi connectivity index (χ3n) is 4.54. The predicted molar refractivity (Wildman–Crippen MR) is 110 cm³/mol. The summed E-state index contributed by atoms with van der Waals surface area (Å²) in [6.07, 6.45) is 10.2. The third-order valence-corrected chi connectivity index (χ3v) is 5.63. The van der Waals surface area contributed by atoms with Crippen molar-refractivity contribution in [2.75, 3.05) is 39.0 Å². The summed E-state index contributed by atoms with van der Waals surface area (Å²) in [6.45, 7) is 7.62. The Morgan fingerprint density at radius 1 is 1.23 bits per heavy atom. The van der Waals surface area contributed by atoms with Crippen LogP contribution in [0.15, 0.2) is 4.99 Å².